The molecule has 0 bridgehead atoms. The van der Waals surface area contributed by atoms with Crippen LogP contribution < -0.4 is 11.5 Å². The van der Waals surface area contributed by atoms with E-state index in [4.69, 9.17) is 11.5 Å². The minimum absolute atomic E-state index is 0. The molecule has 0 fully saturated rings. The van der Waals surface area contributed by atoms with Crippen LogP contribution in [0.15, 0.2) is 0 Å². The molecule has 0 aromatic rings. The van der Waals surface area contributed by atoms with Gasteiger partial charge in [0.15, 0.2) is 0 Å². The third-order valence-corrected chi connectivity index (χ3v) is 0.167. The summed E-state index contributed by atoms with van der Waals surface area (Å²) < 4.78 is 0. The zero-order chi connectivity index (χ0) is 3.41. The Labute approximate surface area is 124 Å². The predicted molar refractivity (Wildman–Crippen MR) is 32.4 cm³/mol. The van der Waals surface area contributed by atoms with Crippen molar-refractivity contribution in [2.24, 2.45) is 11.5 Å². The second kappa shape index (κ2) is 15.7. The van der Waals surface area contributed by atoms with Gasteiger partial charge in [-0.1, -0.05) is 0 Å². The Morgan fingerprint density at radius 2 is 1.00 bits per heavy atom. The summed E-state index contributed by atoms with van der Waals surface area (Å²) in [7, 11) is 0. The zero-order valence-electron chi connectivity index (χ0n) is 2.57. The quantitative estimate of drug-likeness (QED) is 0.399. The molecule has 0 aliphatic heterocycles. The molecule has 0 aliphatic carbocycles. The fraction of sp³-hybridized carbons (Fsp3) is 1.00. The van der Waals surface area contributed by atoms with Crippen LogP contribution in [0.3, 0.4) is 0 Å². The molecule has 0 unspecified atom stereocenters. The molecule has 0 rings (SSSR count). The molecule has 0 aromatic carbocycles. The topological polar surface area (TPSA) is 52.0 Å². The van der Waals surface area contributed by atoms with Crippen molar-refractivity contribution in [3.63, 3.8) is 0 Å². The Balaban J connectivity index is -0.0000000450. The van der Waals surface area contributed by atoms with Gasteiger partial charge in [-0.3, -0.25) is 0 Å². The van der Waals surface area contributed by atoms with Crippen LogP contribution in [0.25, 0.3) is 0 Å². The van der Waals surface area contributed by atoms with Gasteiger partial charge in [0.05, 0.1) is 0 Å². The van der Waals surface area contributed by atoms with Crippen LogP contribution in [0.5, 0.6) is 0 Å². The van der Waals surface area contributed by atoms with Gasteiger partial charge in [-0.25, -0.2) is 0 Å². The first-order valence-electron chi connectivity index (χ1n) is 1.32. The summed E-state index contributed by atoms with van der Waals surface area (Å²) in [5.74, 6) is 0. The number of rotatable bonds is 1. The van der Waals surface area contributed by atoms with Gasteiger partial charge in [0.2, 0.25) is 0 Å². The van der Waals surface area contributed by atoms with Crippen molar-refractivity contribution < 1.29 is 0 Å². The first kappa shape index (κ1) is 16.1. The van der Waals surface area contributed by atoms with Gasteiger partial charge in [-0.2, -0.15) is 0 Å². The molecule has 0 spiro atoms. The second-order valence-corrected chi connectivity index (χ2v) is 0.577. The predicted octanol–water partition coefficient (Wildman–Crippen LogP) is -2.39. The molecule has 0 amide bonds. The molecule has 0 radical (unpaired) electrons. The van der Waals surface area contributed by atoms with Gasteiger partial charge in [-0.05, 0) is 0 Å². The Morgan fingerprint density at radius 3 is 1.00 bits per heavy atom. The number of hydrogen-bond acceptors (Lipinski definition) is 2. The van der Waals surface area contributed by atoms with Crippen LogP contribution in [-0.2, 0) is 0 Å². The average molecular weight is 140 g/mol. The van der Waals surface area contributed by atoms with Gasteiger partial charge < -0.3 is 11.5 Å². The summed E-state index contributed by atoms with van der Waals surface area (Å²) >= 11 is 0. The maximum absolute atomic E-state index is 4.90. The van der Waals surface area contributed by atoms with E-state index >= 15 is 0 Å². The molecule has 4 heteroatoms. The Hall–Kier alpha value is 3.19. The van der Waals surface area contributed by atoms with Crippen LogP contribution in [0, 0.1) is 0 Å². The number of nitrogens with two attached hydrogens (primary N) is 2. The molecule has 0 atom stereocenters. The molecular formula is C2H10K2N2. The molecule has 0 saturated heterocycles. The molecule has 4 N–H and O–H groups in total. The monoisotopic (exact) mass is 140 g/mol. The molecule has 0 saturated carbocycles. The summed E-state index contributed by atoms with van der Waals surface area (Å²) in [6.45, 7) is 1.19. The van der Waals surface area contributed by atoms with Gasteiger partial charge in [0.1, 0.15) is 0 Å². The normalized spacial score (nSPS) is 5.00. The maximum atomic E-state index is 4.90. The summed E-state index contributed by atoms with van der Waals surface area (Å²) in [6, 6.07) is 0. The minimum atomic E-state index is 0. The van der Waals surface area contributed by atoms with E-state index in [0.29, 0.717) is 13.1 Å². The van der Waals surface area contributed by atoms with Crippen LogP contribution in [-0.4, -0.2) is 116 Å². The van der Waals surface area contributed by atoms with E-state index < -0.39 is 0 Å². The molecule has 30 valence electrons. The zero-order valence-corrected chi connectivity index (χ0v) is 2.57. The first-order valence-corrected chi connectivity index (χ1v) is 1.32. The van der Waals surface area contributed by atoms with E-state index in [1.807, 2.05) is 0 Å². The molecule has 0 aromatic heterocycles. The fourth-order valence-corrected chi connectivity index (χ4v) is 0. The standard InChI is InChI=1S/C2H8N2.2K.2H/c3-1-2-4;;;;/h1-4H2;;;;. The van der Waals surface area contributed by atoms with Gasteiger partial charge in [0.25, 0.3) is 0 Å². The van der Waals surface area contributed by atoms with Gasteiger partial charge in [0, 0.05) is 13.1 Å². The molecule has 0 aliphatic rings. The van der Waals surface area contributed by atoms with E-state index in [0.717, 1.165) is 0 Å². The Kier molecular flexibility index (Phi) is 42.2. The molecule has 6 heavy (non-hydrogen) atoms. The van der Waals surface area contributed by atoms with E-state index in [-0.39, 0.29) is 103 Å². The third kappa shape index (κ3) is 15.7. The Morgan fingerprint density at radius 1 is 0.833 bits per heavy atom. The summed E-state index contributed by atoms with van der Waals surface area (Å²) in [5.41, 5.74) is 9.81. The molecule has 0 heterocycles. The molecular weight excluding hydrogens is 130 g/mol. The van der Waals surface area contributed by atoms with Crippen molar-refractivity contribution >= 4 is 103 Å². The van der Waals surface area contributed by atoms with Gasteiger partial charge >= 0.3 is 103 Å². The summed E-state index contributed by atoms with van der Waals surface area (Å²) in [4.78, 5) is 0. The van der Waals surface area contributed by atoms with Crippen molar-refractivity contribution in [2.45, 2.75) is 0 Å². The van der Waals surface area contributed by atoms with E-state index in [9.17, 15) is 0 Å². The second-order valence-electron chi connectivity index (χ2n) is 0.577. The van der Waals surface area contributed by atoms with Crippen molar-refractivity contribution in [3.05, 3.63) is 0 Å². The van der Waals surface area contributed by atoms with Crippen LogP contribution >= 0.6 is 0 Å². The van der Waals surface area contributed by atoms with Crippen molar-refractivity contribution in [1.29, 1.82) is 0 Å². The SMILES string of the molecule is NCCN.[KH].[KH]. The van der Waals surface area contributed by atoms with Crippen LogP contribution in [0.4, 0.5) is 0 Å². The van der Waals surface area contributed by atoms with Crippen LogP contribution in [0.1, 0.15) is 0 Å². The first-order chi connectivity index (χ1) is 1.91. The van der Waals surface area contributed by atoms with Crippen molar-refractivity contribution in [1.82, 2.24) is 0 Å². The van der Waals surface area contributed by atoms with Crippen LogP contribution in [0.2, 0.25) is 0 Å². The van der Waals surface area contributed by atoms with E-state index in [2.05, 4.69) is 0 Å². The number of hydrogen-bond donors (Lipinski definition) is 2. The van der Waals surface area contributed by atoms with Gasteiger partial charge in [-0.15, -0.1) is 0 Å². The summed E-state index contributed by atoms with van der Waals surface area (Å²) in [5, 5.41) is 0. The Bertz CT molecular complexity index is 11.5. The third-order valence-electron chi connectivity index (χ3n) is 0.167. The average Bonchev–Trinajstić information content (AvgIpc) is 1.37. The van der Waals surface area contributed by atoms with Crippen molar-refractivity contribution in [2.75, 3.05) is 13.1 Å². The fourth-order valence-electron chi connectivity index (χ4n) is 0. The summed E-state index contributed by atoms with van der Waals surface area (Å²) in [6.07, 6.45) is 0. The molecule has 2 nitrogen and oxygen atoms in total. The van der Waals surface area contributed by atoms with Crippen molar-refractivity contribution in [3.8, 4) is 0 Å². The van der Waals surface area contributed by atoms with E-state index in [1.165, 1.54) is 0 Å². The van der Waals surface area contributed by atoms with E-state index in [1.54, 1.807) is 0 Å².